The molecular weight excluding hydrogens is 269 g/mol. The van der Waals surface area contributed by atoms with Crippen molar-refractivity contribution in [2.24, 2.45) is 0 Å². The van der Waals surface area contributed by atoms with Crippen LogP contribution in [-0.2, 0) is 4.79 Å². The molecule has 2 rings (SSSR count). The highest BCUT2D eigenvalue weighted by molar-refractivity contribution is 6.30. The summed E-state index contributed by atoms with van der Waals surface area (Å²) in [7, 11) is 0. The van der Waals surface area contributed by atoms with Crippen molar-refractivity contribution in [2.75, 3.05) is 5.32 Å². The highest BCUT2D eigenvalue weighted by Crippen LogP contribution is 2.21. The lowest BCUT2D eigenvalue weighted by atomic mass is 10.1. The van der Waals surface area contributed by atoms with Gasteiger partial charge in [0.25, 0.3) is 0 Å². The number of aliphatic carboxylic acids is 1. The number of benzene rings is 2. The Morgan fingerprint density at radius 1 is 1.11 bits per heavy atom. The van der Waals surface area contributed by atoms with Crippen LogP contribution in [0.1, 0.15) is 11.6 Å². The minimum atomic E-state index is -1.27. The van der Waals surface area contributed by atoms with E-state index in [1.165, 1.54) is 24.3 Å². The van der Waals surface area contributed by atoms with Crippen LogP contribution in [0, 0.1) is 5.82 Å². The van der Waals surface area contributed by atoms with Crippen molar-refractivity contribution in [3.8, 4) is 0 Å². The molecule has 3 nitrogen and oxygen atoms in total. The van der Waals surface area contributed by atoms with Crippen LogP contribution in [0.2, 0.25) is 5.02 Å². The van der Waals surface area contributed by atoms with Crippen molar-refractivity contribution in [3.05, 3.63) is 64.9 Å². The minimum absolute atomic E-state index is 0.387. The number of rotatable bonds is 4. The molecular formula is C14H10ClFNO2-. The molecule has 0 aliphatic rings. The molecule has 0 aromatic heterocycles. The Bertz CT molecular complexity index is 569. The van der Waals surface area contributed by atoms with Gasteiger partial charge in [0.2, 0.25) is 0 Å². The van der Waals surface area contributed by atoms with Crippen LogP contribution < -0.4 is 10.4 Å². The highest BCUT2D eigenvalue weighted by Gasteiger charge is 2.12. The molecule has 0 radical (unpaired) electrons. The number of hydrogen-bond acceptors (Lipinski definition) is 3. The van der Waals surface area contributed by atoms with Crippen LogP contribution in [0.3, 0.4) is 0 Å². The van der Waals surface area contributed by atoms with E-state index in [1.807, 2.05) is 0 Å². The topological polar surface area (TPSA) is 52.2 Å². The van der Waals surface area contributed by atoms with E-state index in [2.05, 4.69) is 5.32 Å². The Kier molecular flexibility index (Phi) is 4.02. The molecule has 2 aromatic carbocycles. The number of anilines is 1. The average Bonchev–Trinajstić information content (AvgIpc) is 2.39. The first-order chi connectivity index (χ1) is 9.06. The van der Waals surface area contributed by atoms with Crippen molar-refractivity contribution in [1.29, 1.82) is 0 Å². The van der Waals surface area contributed by atoms with Gasteiger partial charge in [0.05, 0.1) is 12.0 Å². The maximum atomic E-state index is 12.8. The second-order valence-corrected chi connectivity index (χ2v) is 4.39. The van der Waals surface area contributed by atoms with E-state index in [0.717, 1.165) is 0 Å². The molecule has 98 valence electrons. The van der Waals surface area contributed by atoms with Crippen molar-refractivity contribution < 1.29 is 14.3 Å². The molecule has 1 atom stereocenters. The Hall–Kier alpha value is -2.07. The van der Waals surface area contributed by atoms with Gasteiger partial charge in [-0.2, -0.15) is 0 Å². The van der Waals surface area contributed by atoms with Crippen LogP contribution in [0.4, 0.5) is 10.1 Å². The normalized spacial score (nSPS) is 11.9. The molecule has 0 bridgehead atoms. The molecule has 5 heteroatoms. The van der Waals surface area contributed by atoms with Crippen LogP contribution in [-0.4, -0.2) is 5.97 Å². The Morgan fingerprint density at radius 3 is 2.21 bits per heavy atom. The zero-order chi connectivity index (χ0) is 13.8. The van der Waals surface area contributed by atoms with Crippen molar-refractivity contribution in [3.63, 3.8) is 0 Å². The fourth-order valence-corrected chi connectivity index (χ4v) is 1.77. The van der Waals surface area contributed by atoms with E-state index in [-0.39, 0.29) is 5.82 Å². The van der Waals surface area contributed by atoms with Gasteiger partial charge < -0.3 is 15.2 Å². The number of halogens is 2. The fourth-order valence-electron chi connectivity index (χ4n) is 1.65. The lowest BCUT2D eigenvalue weighted by molar-refractivity contribution is -0.307. The largest absolute Gasteiger partial charge is 0.548 e. The summed E-state index contributed by atoms with van der Waals surface area (Å²) in [6.07, 6.45) is 0. The maximum Gasteiger partial charge on any atom is 0.123 e. The van der Waals surface area contributed by atoms with Crippen molar-refractivity contribution in [1.82, 2.24) is 0 Å². The molecule has 0 aliphatic heterocycles. The van der Waals surface area contributed by atoms with Crippen molar-refractivity contribution >= 4 is 23.3 Å². The van der Waals surface area contributed by atoms with E-state index in [0.29, 0.717) is 16.3 Å². The zero-order valence-electron chi connectivity index (χ0n) is 9.77. The summed E-state index contributed by atoms with van der Waals surface area (Å²) in [5.74, 6) is -1.66. The van der Waals surface area contributed by atoms with Crippen LogP contribution in [0.15, 0.2) is 48.5 Å². The molecule has 1 N–H and O–H groups in total. The summed E-state index contributed by atoms with van der Waals surface area (Å²) in [6, 6.07) is 10.8. The Morgan fingerprint density at radius 2 is 1.68 bits per heavy atom. The Balaban J connectivity index is 2.23. The average molecular weight is 279 g/mol. The number of hydrogen-bond donors (Lipinski definition) is 1. The van der Waals surface area contributed by atoms with Gasteiger partial charge in [-0.3, -0.25) is 0 Å². The third kappa shape index (κ3) is 3.45. The summed E-state index contributed by atoms with van der Waals surface area (Å²) in [4.78, 5) is 11.2. The predicted octanol–water partition coefficient (Wildman–Crippen LogP) is 2.38. The van der Waals surface area contributed by atoms with E-state index in [1.54, 1.807) is 24.3 Å². The highest BCUT2D eigenvalue weighted by atomic mass is 35.5. The first kappa shape index (κ1) is 13.4. The smallest absolute Gasteiger partial charge is 0.123 e. The molecule has 2 aromatic rings. The molecule has 0 amide bonds. The van der Waals surface area contributed by atoms with Gasteiger partial charge in [-0.05, 0) is 42.0 Å². The van der Waals surface area contributed by atoms with E-state index < -0.39 is 12.0 Å². The molecule has 0 saturated carbocycles. The third-order valence-corrected chi connectivity index (χ3v) is 2.85. The van der Waals surface area contributed by atoms with Gasteiger partial charge in [0.1, 0.15) is 5.82 Å². The van der Waals surface area contributed by atoms with E-state index in [4.69, 9.17) is 11.6 Å². The monoisotopic (exact) mass is 278 g/mol. The predicted molar refractivity (Wildman–Crippen MR) is 69.2 cm³/mol. The lowest BCUT2D eigenvalue weighted by Crippen LogP contribution is -2.34. The van der Waals surface area contributed by atoms with Crippen LogP contribution >= 0.6 is 11.6 Å². The number of carboxylic acid groups (broad SMARTS) is 1. The summed E-state index contributed by atoms with van der Waals surface area (Å²) < 4.78 is 12.8. The number of carbonyl (C=O) groups is 1. The molecule has 19 heavy (non-hydrogen) atoms. The maximum absolute atomic E-state index is 12.8. The minimum Gasteiger partial charge on any atom is -0.548 e. The van der Waals surface area contributed by atoms with Gasteiger partial charge in [-0.1, -0.05) is 23.7 Å². The zero-order valence-corrected chi connectivity index (χ0v) is 10.5. The van der Waals surface area contributed by atoms with Gasteiger partial charge in [-0.15, -0.1) is 0 Å². The summed E-state index contributed by atoms with van der Waals surface area (Å²) in [5, 5.41) is 14.5. The lowest BCUT2D eigenvalue weighted by Gasteiger charge is -2.21. The second kappa shape index (κ2) is 5.71. The first-order valence-electron chi connectivity index (χ1n) is 5.54. The fraction of sp³-hybridized carbons (Fsp3) is 0.0714. The number of carbonyl (C=O) groups excluding carboxylic acids is 1. The summed E-state index contributed by atoms with van der Waals surface area (Å²) in [5.41, 5.74) is 0.999. The molecule has 0 fully saturated rings. The second-order valence-electron chi connectivity index (χ2n) is 3.95. The van der Waals surface area contributed by atoms with E-state index >= 15 is 0 Å². The van der Waals surface area contributed by atoms with Crippen LogP contribution in [0.5, 0.6) is 0 Å². The van der Waals surface area contributed by atoms with Gasteiger partial charge in [-0.25, -0.2) is 4.39 Å². The third-order valence-electron chi connectivity index (χ3n) is 2.59. The quantitative estimate of drug-likeness (QED) is 0.934. The summed E-state index contributed by atoms with van der Waals surface area (Å²) >= 11 is 5.75. The van der Waals surface area contributed by atoms with Crippen molar-refractivity contribution in [2.45, 2.75) is 6.04 Å². The molecule has 0 spiro atoms. The molecule has 0 aliphatic carbocycles. The van der Waals surface area contributed by atoms with Gasteiger partial charge in [0.15, 0.2) is 0 Å². The van der Waals surface area contributed by atoms with E-state index in [9.17, 15) is 14.3 Å². The number of carboxylic acids is 1. The number of nitrogens with one attached hydrogen (secondary N) is 1. The summed E-state index contributed by atoms with van der Waals surface area (Å²) in [6.45, 7) is 0. The standard InChI is InChI=1S/C14H11ClFNO2/c15-10-3-1-9(2-4-10)13(14(18)19)17-12-7-5-11(16)6-8-12/h1-8,13,17H,(H,18,19)/p-1/t13-/m1/s1. The Labute approximate surface area is 114 Å². The molecule has 0 unspecified atom stereocenters. The van der Waals surface area contributed by atoms with Gasteiger partial charge in [0, 0.05) is 10.7 Å². The van der Waals surface area contributed by atoms with Crippen LogP contribution in [0.25, 0.3) is 0 Å². The molecule has 0 saturated heterocycles. The first-order valence-corrected chi connectivity index (χ1v) is 5.92. The van der Waals surface area contributed by atoms with Gasteiger partial charge >= 0.3 is 0 Å². The SMILES string of the molecule is O=C([O-])[C@H](Nc1ccc(F)cc1)c1ccc(Cl)cc1. The molecule has 0 heterocycles.